The van der Waals surface area contributed by atoms with Crippen molar-refractivity contribution in [1.82, 2.24) is 14.9 Å². The number of methoxy groups -OCH3 is 1. The molecule has 1 amide bonds. The second-order valence-electron chi connectivity index (χ2n) is 5.72. The number of amides is 1. The zero-order valence-corrected chi connectivity index (χ0v) is 14.2. The van der Waals surface area contributed by atoms with Crippen molar-refractivity contribution < 1.29 is 19.4 Å². The van der Waals surface area contributed by atoms with Crippen LogP contribution in [-0.4, -0.2) is 52.6 Å². The van der Waals surface area contributed by atoms with Crippen molar-refractivity contribution in [2.24, 2.45) is 5.92 Å². The number of hydrogen-bond donors (Lipinski definition) is 2. The highest BCUT2D eigenvalue weighted by Gasteiger charge is 2.22. The third-order valence-corrected chi connectivity index (χ3v) is 3.75. The number of carboxylic acids is 1. The predicted molar refractivity (Wildman–Crippen MR) is 89.1 cm³/mol. The van der Waals surface area contributed by atoms with E-state index in [0.717, 1.165) is 5.56 Å². The molecule has 1 aromatic heterocycles. The number of carbonyl (C=O) groups is 2. The van der Waals surface area contributed by atoms with Crippen LogP contribution in [0.2, 0.25) is 0 Å². The highest BCUT2D eigenvalue weighted by atomic mass is 16.5. The average molecular weight is 331 g/mol. The summed E-state index contributed by atoms with van der Waals surface area (Å²) in [6.07, 6.45) is 0. The minimum atomic E-state index is -0.939. The van der Waals surface area contributed by atoms with Gasteiger partial charge < -0.3 is 19.7 Å². The summed E-state index contributed by atoms with van der Waals surface area (Å²) < 4.78 is 5.19. The third kappa shape index (κ3) is 3.73. The van der Waals surface area contributed by atoms with E-state index in [0.29, 0.717) is 17.3 Å². The molecule has 24 heavy (non-hydrogen) atoms. The minimum absolute atomic E-state index is 0.120. The van der Waals surface area contributed by atoms with Crippen LogP contribution in [0.4, 0.5) is 0 Å². The highest BCUT2D eigenvalue weighted by molar-refractivity contribution is 5.94. The monoisotopic (exact) mass is 331 g/mol. The van der Waals surface area contributed by atoms with Crippen molar-refractivity contribution in [3.63, 3.8) is 0 Å². The summed E-state index contributed by atoms with van der Waals surface area (Å²) in [6.45, 7) is 3.44. The van der Waals surface area contributed by atoms with E-state index in [2.05, 4.69) is 9.97 Å². The lowest BCUT2D eigenvalue weighted by Crippen LogP contribution is -2.34. The van der Waals surface area contributed by atoms with Crippen LogP contribution in [-0.2, 0) is 4.79 Å². The maximum absolute atomic E-state index is 12.5. The van der Waals surface area contributed by atoms with E-state index in [9.17, 15) is 9.59 Å². The van der Waals surface area contributed by atoms with Gasteiger partial charge in [0.1, 0.15) is 17.3 Å². The van der Waals surface area contributed by atoms with Crippen molar-refractivity contribution in [3.05, 3.63) is 35.7 Å². The second kappa shape index (κ2) is 7.16. The van der Waals surface area contributed by atoms with Crippen molar-refractivity contribution in [2.75, 3.05) is 20.7 Å². The molecule has 128 valence electrons. The van der Waals surface area contributed by atoms with E-state index in [-0.39, 0.29) is 18.1 Å². The van der Waals surface area contributed by atoms with Crippen molar-refractivity contribution in [3.8, 4) is 17.1 Å². The Morgan fingerprint density at radius 3 is 2.75 bits per heavy atom. The molecule has 0 saturated carbocycles. The van der Waals surface area contributed by atoms with Gasteiger partial charge in [-0.25, -0.2) is 4.98 Å². The maximum atomic E-state index is 12.5. The predicted octanol–water partition coefficient (Wildman–Crippen LogP) is 2.19. The van der Waals surface area contributed by atoms with Gasteiger partial charge in [-0.05, 0) is 19.1 Å². The molecule has 0 radical (unpaired) electrons. The van der Waals surface area contributed by atoms with Gasteiger partial charge in [-0.1, -0.05) is 19.1 Å². The van der Waals surface area contributed by atoms with Crippen LogP contribution in [0.25, 0.3) is 11.4 Å². The Labute approximate surface area is 140 Å². The number of ether oxygens (including phenoxy) is 1. The Hall–Kier alpha value is -2.83. The van der Waals surface area contributed by atoms with Gasteiger partial charge in [0.25, 0.3) is 5.91 Å². The summed E-state index contributed by atoms with van der Waals surface area (Å²) in [5.41, 5.74) is 1.72. The van der Waals surface area contributed by atoms with Gasteiger partial charge in [-0.2, -0.15) is 0 Å². The van der Waals surface area contributed by atoms with E-state index in [4.69, 9.17) is 9.84 Å². The molecule has 0 aliphatic carbocycles. The van der Waals surface area contributed by atoms with Crippen LogP contribution in [0.1, 0.15) is 23.1 Å². The van der Waals surface area contributed by atoms with E-state index in [1.54, 1.807) is 28.0 Å². The molecule has 2 rings (SSSR count). The topological polar surface area (TPSA) is 95.5 Å². The Morgan fingerprint density at radius 2 is 2.12 bits per heavy atom. The number of carboxylic acid groups (broad SMARTS) is 1. The quantitative estimate of drug-likeness (QED) is 0.846. The first-order chi connectivity index (χ1) is 11.3. The van der Waals surface area contributed by atoms with Crippen molar-refractivity contribution in [2.45, 2.75) is 13.8 Å². The third-order valence-electron chi connectivity index (χ3n) is 3.75. The fraction of sp³-hybridized carbons (Fsp3) is 0.353. The number of nitrogens with one attached hydrogen (secondary N) is 1. The Balaban J connectivity index is 2.24. The maximum Gasteiger partial charge on any atom is 0.308 e. The van der Waals surface area contributed by atoms with Gasteiger partial charge in [0.15, 0.2) is 0 Å². The van der Waals surface area contributed by atoms with Gasteiger partial charge in [0.2, 0.25) is 0 Å². The average Bonchev–Trinajstić information content (AvgIpc) is 2.95. The molecule has 1 atom stereocenters. The van der Waals surface area contributed by atoms with Crippen LogP contribution in [0.3, 0.4) is 0 Å². The number of nitrogens with zero attached hydrogens (tertiary/aromatic N) is 2. The molecule has 0 spiro atoms. The largest absolute Gasteiger partial charge is 0.497 e. The van der Waals surface area contributed by atoms with Crippen molar-refractivity contribution in [1.29, 1.82) is 0 Å². The molecule has 0 fully saturated rings. The van der Waals surface area contributed by atoms with Crippen molar-refractivity contribution >= 4 is 11.9 Å². The summed E-state index contributed by atoms with van der Waals surface area (Å²) in [7, 11) is 3.15. The van der Waals surface area contributed by atoms with Gasteiger partial charge in [0.05, 0.1) is 13.0 Å². The summed E-state index contributed by atoms with van der Waals surface area (Å²) in [5.74, 6) is -0.635. The highest BCUT2D eigenvalue weighted by Crippen LogP contribution is 2.23. The molecular weight excluding hydrogens is 310 g/mol. The van der Waals surface area contributed by atoms with Gasteiger partial charge in [0, 0.05) is 24.8 Å². The lowest BCUT2D eigenvalue weighted by Gasteiger charge is -2.18. The molecule has 2 aromatic rings. The summed E-state index contributed by atoms with van der Waals surface area (Å²) >= 11 is 0. The molecule has 0 bridgehead atoms. The number of aliphatic carboxylic acids is 1. The normalized spacial score (nSPS) is 11.8. The number of imidazole rings is 1. The number of rotatable bonds is 6. The first-order valence-electron chi connectivity index (χ1n) is 7.52. The zero-order chi connectivity index (χ0) is 17.9. The summed E-state index contributed by atoms with van der Waals surface area (Å²) in [4.78, 5) is 32.3. The molecule has 7 nitrogen and oxygen atoms in total. The van der Waals surface area contributed by atoms with Crippen LogP contribution < -0.4 is 4.74 Å². The molecule has 0 aliphatic heterocycles. The number of aryl methyl sites for hydroxylation is 1. The Kier molecular flexibility index (Phi) is 5.23. The fourth-order valence-electron chi connectivity index (χ4n) is 2.33. The van der Waals surface area contributed by atoms with Crippen LogP contribution in [0, 0.1) is 12.8 Å². The van der Waals surface area contributed by atoms with E-state index in [1.807, 2.05) is 24.3 Å². The molecule has 7 heteroatoms. The smallest absolute Gasteiger partial charge is 0.308 e. The van der Waals surface area contributed by atoms with Crippen LogP contribution >= 0.6 is 0 Å². The van der Waals surface area contributed by atoms with Crippen LogP contribution in [0.5, 0.6) is 5.75 Å². The van der Waals surface area contributed by atoms with Gasteiger partial charge in [-0.3, -0.25) is 9.59 Å². The van der Waals surface area contributed by atoms with Gasteiger partial charge in [-0.15, -0.1) is 0 Å². The number of hydrogen-bond acceptors (Lipinski definition) is 4. The van der Waals surface area contributed by atoms with Crippen LogP contribution in [0.15, 0.2) is 24.3 Å². The number of benzene rings is 1. The number of H-pyrrole nitrogens is 1. The summed E-state index contributed by atoms with van der Waals surface area (Å²) in [6, 6.07) is 7.36. The number of aromatic nitrogens is 2. The Morgan fingerprint density at radius 1 is 1.42 bits per heavy atom. The minimum Gasteiger partial charge on any atom is -0.497 e. The first-order valence-corrected chi connectivity index (χ1v) is 7.52. The molecule has 1 heterocycles. The lowest BCUT2D eigenvalue weighted by molar-refractivity contribution is -0.141. The molecular formula is C17H21N3O4. The SMILES string of the molecule is COc1cccc(-c2nc(C(=O)N(C)CC(C)C(=O)O)c(C)[nH]2)c1. The molecule has 1 aromatic carbocycles. The summed E-state index contributed by atoms with van der Waals surface area (Å²) in [5, 5.41) is 8.97. The fourth-order valence-corrected chi connectivity index (χ4v) is 2.33. The zero-order valence-electron chi connectivity index (χ0n) is 14.2. The van der Waals surface area contributed by atoms with E-state index in [1.165, 1.54) is 4.90 Å². The Bertz CT molecular complexity index is 754. The standard InChI is InChI=1S/C17H21N3O4/c1-10(17(22)23)9-20(3)16(21)14-11(2)18-15(19-14)12-6-5-7-13(8-12)24-4/h5-8,10H,9H2,1-4H3,(H,18,19)(H,22,23). The van der Waals surface area contributed by atoms with Gasteiger partial charge >= 0.3 is 5.97 Å². The van der Waals surface area contributed by atoms with E-state index < -0.39 is 11.9 Å². The second-order valence-corrected chi connectivity index (χ2v) is 5.72. The number of aromatic amines is 1. The number of carbonyl (C=O) groups excluding carboxylic acids is 1. The molecule has 0 saturated heterocycles. The van der Waals surface area contributed by atoms with E-state index >= 15 is 0 Å². The molecule has 1 unspecified atom stereocenters. The molecule has 0 aliphatic rings. The molecule has 2 N–H and O–H groups in total. The lowest BCUT2D eigenvalue weighted by atomic mass is 10.1. The first kappa shape index (κ1) is 17.5.